The summed E-state index contributed by atoms with van der Waals surface area (Å²) in [5, 5.41) is 3.35. The highest BCUT2D eigenvalue weighted by Crippen LogP contribution is 2.36. The lowest BCUT2D eigenvalue weighted by Gasteiger charge is -2.32. The molecule has 1 N–H and O–H groups in total. The molecule has 0 amide bonds. The highest BCUT2D eigenvalue weighted by molar-refractivity contribution is 6.62. The van der Waals surface area contributed by atoms with Gasteiger partial charge in [0.2, 0.25) is 0 Å². The standard InChI is InChI=1S/C19H25BN2O2/c1-14-7-6-8-15(11-14)12-21-17-10-9-16(13-22-17)20-23-18(2,3)19(4,5)24-20/h6-11,13H,12H2,1-5H3,(H,21,22). The first-order chi connectivity index (χ1) is 11.3. The minimum absolute atomic E-state index is 0.334. The number of nitrogens with zero attached hydrogens (tertiary/aromatic N) is 1. The molecule has 5 heteroatoms. The summed E-state index contributed by atoms with van der Waals surface area (Å²) in [7, 11) is -0.367. The van der Waals surface area contributed by atoms with Gasteiger partial charge in [0.15, 0.2) is 0 Å². The molecule has 2 aromatic rings. The van der Waals surface area contributed by atoms with Gasteiger partial charge < -0.3 is 14.6 Å². The van der Waals surface area contributed by atoms with Crippen molar-refractivity contribution in [3.8, 4) is 0 Å². The van der Waals surface area contributed by atoms with Crippen LogP contribution in [0.4, 0.5) is 5.82 Å². The van der Waals surface area contributed by atoms with E-state index in [0.29, 0.717) is 0 Å². The van der Waals surface area contributed by atoms with Gasteiger partial charge in [-0.05, 0) is 46.2 Å². The number of rotatable bonds is 4. The Morgan fingerprint density at radius 3 is 2.33 bits per heavy atom. The zero-order valence-corrected chi connectivity index (χ0v) is 15.1. The van der Waals surface area contributed by atoms with Crippen molar-refractivity contribution in [1.29, 1.82) is 0 Å². The molecule has 24 heavy (non-hydrogen) atoms. The van der Waals surface area contributed by atoms with Crippen molar-refractivity contribution in [2.45, 2.75) is 52.4 Å². The normalized spacial score (nSPS) is 18.6. The van der Waals surface area contributed by atoms with Crippen LogP contribution in [0.3, 0.4) is 0 Å². The lowest BCUT2D eigenvalue weighted by molar-refractivity contribution is 0.00578. The fourth-order valence-corrected chi connectivity index (χ4v) is 2.64. The Morgan fingerprint density at radius 1 is 1.04 bits per heavy atom. The summed E-state index contributed by atoms with van der Waals surface area (Å²) in [6, 6.07) is 12.4. The monoisotopic (exact) mass is 324 g/mol. The average Bonchev–Trinajstić information content (AvgIpc) is 2.74. The third-order valence-corrected chi connectivity index (χ3v) is 4.87. The van der Waals surface area contributed by atoms with Gasteiger partial charge in [-0.2, -0.15) is 0 Å². The molecule has 1 aromatic carbocycles. The van der Waals surface area contributed by atoms with E-state index in [1.54, 1.807) is 0 Å². The van der Waals surface area contributed by atoms with E-state index >= 15 is 0 Å². The third-order valence-electron chi connectivity index (χ3n) is 4.87. The third kappa shape index (κ3) is 3.47. The second kappa shape index (κ2) is 6.23. The predicted octanol–water partition coefficient (Wildman–Crippen LogP) is 3.30. The van der Waals surface area contributed by atoms with E-state index in [1.807, 2.05) is 18.3 Å². The Morgan fingerprint density at radius 2 is 1.75 bits per heavy atom. The fraction of sp³-hybridized carbons (Fsp3) is 0.421. The molecular formula is C19H25BN2O2. The summed E-state index contributed by atoms with van der Waals surface area (Å²) in [6.45, 7) is 11.1. The SMILES string of the molecule is Cc1cccc(CNc2ccc(B3OC(C)(C)C(C)(C)O3)cn2)c1. The van der Waals surface area contributed by atoms with Crippen molar-refractivity contribution in [3.05, 3.63) is 53.7 Å². The van der Waals surface area contributed by atoms with Crippen LogP contribution >= 0.6 is 0 Å². The molecule has 0 aliphatic carbocycles. The summed E-state index contributed by atoms with van der Waals surface area (Å²) in [5.74, 6) is 0.844. The largest absolute Gasteiger partial charge is 0.496 e. The Hall–Kier alpha value is -1.85. The number of anilines is 1. The van der Waals surface area contributed by atoms with Crippen LogP contribution in [-0.2, 0) is 15.9 Å². The number of pyridine rings is 1. The van der Waals surface area contributed by atoms with Crippen molar-refractivity contribution in [3.63, 3.8) is 0 Å². The summed E-state index contributed by atoms with van der Waals surface area (Å²) >= 11 is 0. The lowest BCUT2D eigenvalue weighted by atomic mass is 9.80. The maximum Gasteiger partial charge on any atom is 0.496 e. The van der Waals surface area contributed by atoms with Crippen molar-refractivity contribution < 1.29 is 9.31 Å². The maximum absolute atomic E-state index is 6.05. The van der Waals surface area contributed by atoms with Crippen molar-refractivity contribution in [2.24, 2.45) is 0 Å². The van der Waals surface area contributed by atoms with Crippen LogP contribution in [0, 0.1) is 6.92 Å². The van der Waals surface area contributed by atoms with Crippen molar-refractivity contribution in [2.75, 3.05) is 5.32 Å². The Kier molecular flexibility index (Phi) is 4.41. The second-order valence-corrected chi connectivity index (χ2v) is 7.41. The molecular weight excluding hydrogens is 299 g/mol. The molecule has 126 valence electrons. The molecule has 0 bridgehead atoms. The molecule has 0 spiro atoms. The topological polar surface area (TPSA) is 43.4 Å². The molecule has 1 aliphatic rings. The minimum Gasteiger partial charge on any atom is -0.399 e. The van der Waals surface area contributed by atoms with Crippen LogP contribution in [-0.4, -0.2) is 23.3 Å². The van der Waals surface area contributed by atoms with E-state index in [-0.39, 0.29) is 18.3 Å². The number of hydrogen-bond donors (Lipinski definition) is 1. The van der Waals surface area contributed by atoms with Crippen LogP contribution in [0.25, 0.3) is 0 Å². The first kappa shape index (κ1) is 17.0. The smallest absolute Gasteiger partial charge is 0.399 e. The van der Waals surface area contributed by atoms with E-state index in [9.17, 15) is 0 Å². The molecule has 1 saturated heterocycles. The molecule has 1 aliphatic heterocycles. The van der Waals surface area contributed by atoms with E-state index in [4.69, 9.17) is 9.31 Å². The van der Waals surface area contributed by atoms with Gasteiger partial charge in [0.05, 0.1) is 11.2 Å². The fourth-order valence-electron chi connectivity index (χ4n) is 2.64. The predicted molar refractivity (Wildman–Crippen MR) is 98.5 cm³/mol. The summed E-state index contributed by atoms with van der Waals surface area (Å²) < 4.78 is 12.1. The average molecular weight is 324 g/mol. The first-order valence-electron chi connectivity index (χ1n) is 8.38. The number of benzene rings is 1. The van der Waals surface area contributed by atoms with Crippen LogP contribution in [0.1, 0.15) is 38.8 Å². The van der Waals surface area contributed by atoms with Crippen molar-refractivity contribution >= 4 is 18.4 Å². The summed E-state index contributed by atoms with van der Waals surface area (Å²) in [5.41, 5.74) is 2.78. The zero-order chi connectivity index (χ0) is 17.4. The van der Waals surface area contributed by atoms with E-state index < -0.39 is 0 Å². The summed E-state index contributed by atoms with van der Waals surface area (Å²) in [6.07, 6.45) is 1.82. The van der Waals surface area contributed by atoms with E-state index in [2.05, 4.69) is 69.2 Å². The number of hydrogen-bond acceptors (Lipinski definition) is 4. The summed E-state index contributed by atoms with van der Waals surface area (Å²) in [4.78, 5) is 4.49. The van der Waals surface area contributed by atoms with Gasteiger partial charge in [-0.15, -0.1) is 0 Å². The molecule has 0 unspecified atom stereocenters. The van der Waals surface area contributed by atoms with Gasteiger partial charge in [0, 0.05) is 18.2 Å². The molecule has 2 heterocycles. The van der Waals surface area contributed by atoms with Gasteiger partial charge in [0.1, 0.15) is 5.82 Å². The Labute approximate surface area is 144 Å². The van der Waals surface area contributed by atoms with Crippen LogP contribution < -0.4 is 10.8 Å². The highest BCUT2D eigenvalue weighted by atomic mass is 16.7. The molecule has 1 aromatic heterocycles. The highest BCUT2D eigenvalue weighted by Gasteiger charge is 2.51. The number of aromatic nitrogens is 1. The van der Waals surface area contributed by atoms with Crippen LogP contribution in [0.2, 0.25) is 0 Å². The van der Waals surface area contributed by atoms with Gasteiger partial charge in [-0.1, -0.05) is 35.9 Å². The quantitative estimate of drug-likeness (QED) is 0.877. The second-order valence-electron chi connectivity index (χ2n) is 7.41. The maximum atomic E-state index is 6.05. The molecule has 4 nitrogen and oxygen atoms in total. The molecule has 3 rings (SSSR count). The number of aryl methyl sites for hydroxylation is 1. The van der Waals surface area contributed by atoms with Gasteiger partial charge in [-0.3, -0.25) is 0 Å². The molecule has 0 saturated carbocycles. The van der Waals surface area contributed by atoms with Crippen LogP contribution in [0.15, 0.2) is 42.6 Å². The Balaban J connectivity index is 1.64. The van der Waals surface area contributed by atoms with Crippen LogP contribution in [0.5, 0.6) is 0 Å². The molecule has 0 atom stereocenters. The zero-order valence-electron chi connectivity index (χ0n) is 15.1. The molecule has 1 fully saturated rings. The first-order valence-corrected chi connectivity index (χ1v) is 8.38. The van der Waals surface area contributed by atoms with Crippen molar-refractivity contribution in [1.82, 2.24) is 4.98 Å². The van der Waals surface area contributed by atoms with E-state index in [1.165, 1.54) is 11.1 Å². The number of nitrogens with one attached hydrogen (secondary N) is 1. The van der Waals surface area contributed by atoms with Gasteiger partial charge in [0.25, 0.3) is 0 Å². The van der Waals surface area contributed by atoms with Gasteiger partial charge >= 0.3 is 7.12 Å². The van der Waals surface area contributed by atoms with Gasteiger partial charge in [-0.25, -0.2) is 4.98 Å². The molecule has 0 radical (unpaired) electrons. The van der Waals surface area contributed by atoms with E-state index in [0.717, 1.165) is 17.8 Å². The Bertz CT molecular complexity index is 698. The lowest BCUT2D eigenvalue weighted by Crippen LogP contribution is -2.41. The minimum atomic E-state index is -0.367.